The molecule has 4 nitrogen and oxygen atoms in total. The van der Waals surface area contributed by atoms with E-state index in [1.807, 2.05) is 97.9 Å². The Morgan fingerprint density at radius 2 is 1.47 bits per heavy atom. The number of benzene rings is 3. The van der Waals surface area contributed by atoms with E-state index in [0.717, 1.165) is 22.5 Å². The molecule has 0 saturated heterocycles. The van der Waals surface area contributed by atoms with Crippen molar-refractivity contribution in [2.45, 2.75) is 13.0 Å². The molecule has 0 saturated carbocycles. The van der Waals surface area contributed by atoms with Gasteiger partial charge in [-0.2, -0.15) is 5.26 Å². The van der Waals surface area contributed by atoms with Gasteiger partial charge in [-0.25, -0.2) is 4.79 Å². The molecule has 1 heterocycles. The van der Waals surface area contributed by atoms with Gasteiger partial charge in [0.25, 0.3) is 0 Å². The molecule has 0 radical (unpaired) electrons. The average molecular weight is 394 g/mol. The van der Waals surface area contributed by atoms with E-state index in [2.05, 4.69) is 11.0 Å². The average Bonchev–Trinajstić information content (AvgIpc) is 3.09. The molecule has 148 valence electrons. The second-order valence-corrected chi connectivity index (χ2v) is 7.26. The van der Waals surface area contributed by atoms with Gasteiger partial charge in [-0.05, 0) is 30.2 Å². The first-order valence-corrected chi connectivity index (χ1v) is 9.80. The molecule has 2 unspecified atom stereocenters. The van der Waals surface area contributed by atoms with Gasteiger partial charge >= 0.3 is 5.97 Å². The first-order valence-electron chi connectivity index (χ1n) is 9.80. The highest BCUT2D eigenvalue weighted by atomic mass is 16.5. The van der Waals surface area contributed by atoms with E-state index >= 15 is 0 Å². The number of hydrogen-bond acceptors (Lipinski definition) is 4. The molecule has 0 spiro atoms. The Hall–Kier alpha value is -3.84. The van der Waals surface area contributed by atoms with Crippen LogP contribution >= 0.6 is 0 Å². The molecular formula is C26H22N2O2. The summed E-state index contributed by atoms with van der Waals surface area (Å²) in [4.78, 5) is 15.4. The summed E-state index contributed by atoms with van der Waals surface area (Å²) in [5.74, 6) is -0.560. The second-order valence-electron chi connectivity index (χ2n) is 7.26. The topological polar surface area (TPSA) is 53.3 Å². The van der Waals surface area contributed by atoms with Crippen molar-refractivity contribution in [1.29, 1.82) is 5.26 Å². The van der Waals surface area contributed by atoms with Gasteiger partial charge in [-0.15, -0.1) is 0 Å². The maximum absolute atomic E-state index is 13.4. The van der Waals surface area contributed by atoms with Crippen LogP contribution in [-0.4, -0.2) is 13.1 Å². The zero-order valence-corrected chi connectivity index (χ0v) is 16.9. The Morgan fingerprint density at radius 3 is 2.00 bits per heavy atom. The van der Waals surface area contributed by atoms with Crippen LogP contribution in [0.2, 0.25) is 0 Å². The molecule has 0 fully saturated rings. The van der Waals surface area contributed by atoms with Gasteiger partial charge < -0.3 is 9.64 Å². The smallest absolute Gasteiger partial charge is 0.333 e. The number of nitrogens with zero attached hydrogens (tertiary/aromatic N) is 2. The van der Waals surface area contributed by atoms with Crippen molar-refractivity contribution in [1.82, 2.24) is 0 Å². The fraction of sp³-hybridized carbons (Fsp3) is 0.154. The van der Waals surface area contributed by atoms with Crippen molar-refractivity contribution in [2.75, 3.05) is 12.0 Å². The van der Waals surface area contributed by atoms with Crippen LogP contribution in [0, 0.1) is 16.7 Å². The van der Waals surface area contributed by atoms with E-state index in [0.29, 0.717) is 5.57 Å². The van der Waals surface area contributed by atoms with Crippen molar-refractivity contribution >= 4 is 17.2 Å². The molecule has 0 aromatic heterocycles. The summed E-state index contributed by atoms with van der Waals surface area (Å²) in [6.45, 7) is 1.97. The number of esters is 1. The Balaban J connectivity index is 2.08. The third-order valence-electron chi connectivity index (χ3n) is 5.68. The van der Waals surface area contributed by atoms with Crippen LogP contribution in [0.1, 0.15) is 24.1 Å². The fourth-order valence-electron chi connectivity index (χ4n) is 4.47. The lowest BCUT2D eigenvalue weighted by Crippen LogP contribution is -2.40. The summed E-state index contributed by atoms with van der Waals surface area (Å²) in [6.07, 6.45) is 0. The molecular weight excluding hydrogens is 372 g/mol. The number of para-hydroxylation sites is 1. The molecule has 2 atom stereocenters. The van der Waals surface area contributed by atoms with E-state index in [1.54, 1.807) is 0 Å². The molecule has 0 aliphatic carbocycles. The number of hydrogen-bond donors (Lipinski definition) is 0. The molecule has 0 bridgehead atoms. The summed E-state index contributed by atoms with van der Waals surface area (Å²) in [5, 5.41) is 10.6. The SMILES string of the molecule is COC(=O)C1(C#N)C(c2ccccc2)=C(C)N(c2ccccc2)C1c1ccccc1. The summed E-state index contributed by atoms with van der Waals surface area (Å²) < 4.78 is 5.24. The van der Waals surface area contributed by atoms with Crippen LogP contribution in [0.5, 0.6) is 0 Å². The lowest BCUT2D eigenvalue weighted by atomic mass is 9.72. The Kier molecular flexibility index (Phi) is 5.12. The van der Waals surface area contributed by atoms with Crippen LogP contribution in [0.25, 0.3) is 5.57 Å². The van der Waals surface area contributed by atoms with Gasteiger partial charge in [0, 0.05) is 17.0 Å². The maximum atomic E-state index is 13.4. The number of nitriles is 1. The highest BCUT2D eigenvalue weighted by molar-refractivity contribution is 6.02. The highest BCUT2D eigenvalue weighted by Gasteiger charge is 2.59. The molecule has 1 aliphatic rings. The third kappa shape index (κ3) is 2.87. The van der Waals surface area contributed by atoms with E-state index in [9.17, 15) is 10.1 Å². The van der Waals surface area contributed by atoms with Crippen LogP contribution in [0.4, 0.5) is 5.69 Å². The number of carbonyl (C=O) groups is 1. The highest BCUT2D eigenvalue weighted by Crippen LogP contribution is 2.58. The Morgan fingerprint density at radius 1 is 0.933 bits per heavy atom. The minimum Gasteiger partial charge on any atom is -0.468 e. The van der Waals surface area contributed by atoms with Crippen molar-refractivity contribution in [2.24, 2.45) is 5.41 Å². The quantitative estimate of drug-likeness (QED) is 0.559. The molecule has 0 N–H and O–H groups in total. The number of methoxy groups -OCH3 is 1. The van der Waals surface area contributed by atoms with Gasteiger partial charge in [0.15, 0.2) is 0 Å². The Labute approximate surface area is 176 Å². The first kappa shape index (κ1) is 19.5. The van der Waals surface area contributed by atoms with Crippen molar-refractivity contribution in [3.8, 4) is 6.07 Å². The van der Waals surface area contributed by atoms with Crippen LogP contribution in [-0.2, 0) is 9.53 Å². The number of carbonyl (C=O) groups excluding carboxylic acids is 1. The zero-order chi connectivity index (χ0) is 21.1. The normalized spacial score (nSPS) is 20.7. The van der Waals surface area contributed by atoms with Crippen LogP contribution in [0.15, 0.2) is 96.7 Å². The van der Waals surface area contributed by atoms with Crippen molar-refractivity contribution < 1.29 is 9.53 Å². The standard InChI is InChI=1S/C26H22N2O2/c1-19-23(20-12-6-3-7-13-20)26(18-27,25(29)30-2)24(21-14-8-4-9-15-21)28(19)22-16-10-5-11-17-22/h3-17,24H,1-2H3. The van der Waals surface area contributed by atoms with Gasteiger partial charge in [-0.3, -0.25) is 0 Å². The molecule has 4 heteroatoms. The fourth-order valence-corrected chi connectivity index (χ4v) is 4.47. The van der Waals surface area contributed by atoms with Crippen LogP contribution < -0.4 is 4.90 Å². The van der Waals surface area contributed by atoms with E-state index < -0.39 is 17.4 Å². The number of rotatable bonds is 4. The van der Waals surface area contributed by atoms with Gasteiger partial charge in [0.1, 0.15) is 0 Å². The minimum absolute atomic E-state index is 0.560. The number of anilines is 1. The maximum Gasteiger partial charge on any atom is 0.333 e. The Bertz CT molecular complexity index is 1120. The van der Waals surface area contributed by atoms with E-state index in [4.69, 9.17) is 4.74 Å². The predicted octanol–water partition coefficient (Wildman–Crippen LogP) is 5.36. The van der Waals surface area contributed by atoms with Gasteiger partial charge in [0.05, 0.1) is 19.2 Å². The zero-order valence-electron chi connectivity index (χ0n) is 16.9. The third-order valence-corrected chi connectivity index (χ3v) is 5.68. The second kappa shape index (κ2) is 7.88. The summed E-state index contributed by atoms with van der Waals surface area (Å²) in [7, 11) is 1.34. The number of allylic oxidation sites excluding steroid dienone is 1. The molecule has 30 heavy (non-hydrogen) atoms. The molecule has 0 amide bonds. The predicted molar refractivity (Wildman–Crippen MR) is 117 cm³/mol. The van der Waals surface area contributed by atoms with E-state index in [1.165, 1.54) is 7.11 Å². The lowest BCUT2D eigenvalue weighted by molar-refractivity contribution is -0.147. The molecule has 3 aromatic rings. The van der Waals surface area contributed by atoms with Crippen LogP contribution in [0.3, 0.4) is 0 Å². The summed E-state index contributed by atoms with van der Waals surface area (Å²) in [5.41, 5.74) is 2.64. The summed E-state index contributed by atoms with van der Waals surface area (Å²) >= 11 is 0. The lowest BCUT2D eigenvalue weighted by Gasteiger charge is -2.35. The first-order chi connectivity index (χ1) is 14.6. The molecule has 3 aromatic carbocycles. The summed E-state index contributed by atoms with van der Waals surface area (Å²) in [6, 6.07) is 31.0. The largest absolute Gasteiger partial charge is 0.468 e. The number of ether oxygens (including phenoxy) is 1. The molecule has 1 aliphatic heterocycles. The minimum atomic E-state index is -1.52. The van der Waals surface area contributed by atoms with E-state index in [-0.39, 0.29) is 0 Å². The van der Waals surface area contributed by atoms with Gasteiger partial charge in [-0.1, -0.05) is 78.9 Å². The van der Waals surface area contributed by atoms with Crippen molar-refractivity contribution in [3.05, 3.63) is 108 Å². The van der Waals surface area contributed by atoms with Crippen molar-refractivity contribution in [3.63, 3.8) is 0 Å². The monoisotopic (exact) mass is 394 g/mol. The molecule has 4 rings (SSSR count). The van der Waals surface area contributed by atoms with Gasteiger partial charge in [0.2, 0.25) is 5.41 Å².